The van der Waals surface area contributed by atoms with Gasteiger partial charge in [0.1, 0.15) is 48.1 Å². The molecule has 0 aromatic heterocycles. The van der Waals surface area contributed by atoms with Crippen LogP contribution >= 0.6 is 23.5 Å². The lowest BCUT2D eigenvalue weighted by molar-refractivity contribution is -0.193. The summed E-state index contributed by atoms with van der Waals surface area (Å²) in [6.45, 7) is 1.73. The minimum Gasteiger partial charge on any atom is -0.480 e. The third-order valence-electron chi connectivity index (χ3n) is 9.89. The first kappa shape index (κ1) is 74.7. The van der Waals surface area contributed by atoms with Crippen molar-refractivity contribution in [1.82, 2.24) is 31.9 Å². The summed E-state index contributed by atoms with van der Waals surface area (Å²) >= 11 is 2.34. The Bertz CT molecular complexity index is 1740. The molecule has 0 rings (SSSR count). The Morgan fingerprint density at radius 3 is 0.946 bits per heavy atom. The molecule has 0 bridgehead atoms. The molecular weight excluding hydrogens is 1040 g/mol. The third kappa shape index (κ3) is 31.7. The molecule has 74 heavy (non-hydrogen) atoms. The molecule has 0 saturated heterocycles. The molecule has 0 heterocycles. The number of aliphatic hydroxyl groups excluding tert-OH is 8. The van der Waals surface area contributed by atoms with Gasteiger partial charge in [0.25, 0.3) is 0 Å². The summed E-state index contributed by atoms with van der Waals surface area (Å²) in [6, 6.07) is -3.77. The number of carbonyl (C=O) groups excluding carboxylic acids is 10. The van der Waals surface area contributed by atoms with E-state index < -0.39 is 170 Å². The number of Topliss-reactive ketones (excluding diaryl/α,β-unsaturated/α-hetero) is 2. The summed E-state index contributed by atoms with van der Waals surface area (Å²) in [5.74, 6) is -12.8. The highest BCUT2D eigenvalue weighted by molar-refractivity contribution is 7.98. The number of aliphatic carboxylic acids is 4. The molecular formula is C40H66N6O26S2. The number of ketones is 2. The standard InChI is InChI=1S/2C19H33N3O11S.2CO2/c2*1-8(20-2)11(23)4-9(17(29)22-10(7-34-3)18(30)31)5-13(25)21-6-12(24)14(26)15(27)16(28)19(32)33;2*2-1-3/h2*8-10,12,14-16,20,24,26-28H,4-7H2,1-3H3,(H,21,25)(H,22,29)(H,30,31)(H,32,33);;/t8-,9?,10-,12?,14?,15?,16?;8-,9-,10-,12-,14+,15-,16-;;/m00../s1. The molecule has 0 spiro atoms. The molecule has 32 nitrogen and oxygen atoms in total. The number of likely N-dealkylation sites (N-methyl/N-ethyl adjacent to an activating group) is 2. The molecule has 0 fully saturated rings. The van der Waals surface area contributed by atoms with Gasteiger partial charge in [-0.15, -0.1) is 0 Å². The number of rotatable bonds is 34. The number of carbonyl (C=O) groups is 10. The molecule has 5 unspecified atom stereocenters. The predicted molar refractivity (Wildman–Crippen MR) is 248 cm³/mol. The van der Waals surface area contributed by atoms with E-state index >= 15 is 0 Å². The molecule has 0 aromatic carbocycles. The van der Waals surface area contributed by atoms with Gasteiger partial charge in [0.2, 0.25) is 23.6 Å². The predicted octanol–water partition coefficient (Wildman–Crippen LogP) is -8.89. The smallest absolute Gasteiger partial charge is 0.373 e. The van der Waals surface area contributed by atoms with Crippen molar-refractivity contribution in [3.05, 3.63) is 0 Å². The largest absolute Gasteiger partial charge is 0.480 e. The zero-order chi connectivity index (χ0) is 58.6. The molecule has 0 aliphatic rings. The first-order valence-corrected chi connectivity index (χ1v) is 24.0. The molecule has 0 aliphatic heterocycles. The summed E-state index contributed by atoms with van der Waals surface area (Å²) < 4.78 is 0. The molecule has 0 radical (unpaired) electrons. The maximum atomic E-state index is 12.6. The van der Waals surface area contributed by atoms with Crippen molar-refractivity contribution in [2.45, 2.75) is 113 Å². The number of thioether (sulfide) groups is 2. The topological polar surface area (TPSA) is 554 Å². The molecule has 0 aromatic rings. The SMILES string of the molecule is CN[C@@H](C)C(=O)CC(CC(=O)NCC(O)C(O)C(O)C(O)C(=O)O)C(=O)N[C@@H](CSC)C(=O)O.CN[C@@H](C)C(=O)C[C@@H](CC(=O)NC[C@H](O)[C@@H](O)[C@H](O)[C@H](O)C(=O)O)C(=O)N[C@@H](CSC)C(=O)O.O=C=O.O=C=O. The van der Waals surface area contributed by atoms with Crippen molar-refractivity contribution in [3.63, 3.8) is 0 Å². The minimum absolute atomic E-state index is 0.0510. The van der Waals surface area contributed by atoms with Crippen LogP contribution in [-0.4, -0.2) is 257 Å². The molecule has 14 atom stereocenters. The second kappa shape index (κ2) is 41.5. The highest BCUT2D eigenvalue weighted by Crippen LogP contribution is 2.15. The van der Waals surface area contributed by atoms with Gasteiger partial charge >= 0.3 is 36.2 Å². The summed E-state index contributed by atoms with van der Waals surface area (Å²) in [4.78, 5) is 151. The quantitative estimate of drug-likeness (QED) is 0.0284. The van der Waals surface area contributed by atoms with Gasteiger partial charge in [-0.25, -0.2) is 19.2 Å². The average molecular weight is 1110 g/mol. The van der Waals surface area contributed by atoms with Crippen molar-refractivity contribution in [2.24, 2.45) is 11.8 Å². The number of hydrogen-bond acceptors (Lipinski definition) is 26. The van der Waals surface area contributed by atoms with Crippen molar-refractivity contribution < 1.29 is 128 Å². The van der Waals surface area contributed by atoms with E-state index in [1.807, 2.05) is 0 Å². The zero-order valence-corrected chi connectivity index (χ0v) is 42.3. The molecule has 0 saturated carbocycles. The summed E-state index contributed by atoms with van der Waals surface area (Å²) in [5.41, 5.74) is 0. The lowest BCUT2D eigenvalue weighted by Gasteiger charge is -2.25. The number of hydrogen-bond donors (Lipinski definition) is 18. The van der Waals surface area contributed by atoms with Crippen molar-refractivity contribution in [1.29, 1.82) is 0 Å². The molecule has 4 amide bonds. The molecule has 18 N–H and O–H groups in total. The van der Waals surface area contributed by atoms with Gasteiger partial charge in [-0.05, 0) is 40.5 Å². The number of nitrogens with one attached hydrogen (secondary N) is 6. The van der Waals surface area contributed by atoms with Crippen LogP contribution in [0.15, 0.2) is 0 Å². The van der Waals surface area contributed by atoms with E-state index in [-0.39, 0.29) is 36.7 Å². The van der Waals surface area contributed by atoms with Crippen LogP contribution < -0.4 is 31.9 Å². The maximum absolute atomic E-state index is 12.6. The fourth-order valence-electron chi connectivity index (χ4n) is 5.33. The fourth-order valence-corrected chi connectivity index (χ4v) is 6.45. The normalized spacial score (nSPS) is 16.2. The van der Waals surface area contributed by atoms with Crippen LogP contribution in [0.3, 0.4) is 0 Å². The Morgan fingerprint density at radius 1 is 0.459 bits per heavy atom. The van der Waals surface area contributed by atoms with Gasteiger partial charge in [-0.3, -0.25) is 28.8 Å². The van der Waals surface area contributed by atoms with Gasteiger partial charge < -0.3 is 93.2 Å². The van der Waals surface area contributed by atoms with Crippen LogP contribution in [0.2, 0.25) is 0 Å². The first-order valence-electron chi connectivity index (χ1n) is 21.2. The fraction of sp³-hybridized carbons (Fsp3) is 0.700. The monoisotopic (exact) mass is 1110 g/mol. The third-order valence-corrected chi connectivity index (χ3v) is 11.2. The van der Waals surface area contributed by atoms with Gasteiger partial charge in [-0.2, -0.15) is 42.7 Å². The van der Waals surface area contributed by atoms with Gasteiger partial charge in [-0.1, -0.05) is 0 Å². The van der Waals surface area contributed by atoms with Crippen LogP contribution in [-0.2, 0) is 67.1 Å². The lowest BCUT2D eigenvalue weighted by Crippen LogP contribution is -2.51. The number of amides is 4. The zero-order valence-electron chi connectivity index (χ0n) is 40.6. The van der Waals surface area contributed by atoms with E-state index in [2.05, 4.69) is 31.9 Å². The van der Waals surface area contributed by atoms with Crippen LogP contribution in [0.5, 0.6) is 0 Å². The summed E-state index contributed by atoms with van der Waals surface area (Å²) in [7, 11) is 3.04. The molecule has 424 valence electrons. The maximum Gasteiger partial charge on any atom is 0.373 e. The number of carboxylic acids is 4. The van der Waals surface area contributed by atoms with Crippen molar-refractivity contribution >= 4 is 94.9 Å². The van der Waals surface area contributed by atoms with E-state index in [0.29, 0.717) is 0 Å². The van der Waals surface area contributed by atoms with Crippen LogP contribution in [0.4, 0.5) is 0 Å². The average Bonchev–Trinajstić information content (AvgIpc) is 3.34. The highest BCUT2D eigenvalue weighted by Gasteiger charge is 2.37. The first-order chi connectivity index (χ1) is 34.3. The van der Waals surface area contributed by atoms with Crippen LogP contribution in [0.25, 0.3) is 0 Å². The second-order valence-electron chi connectivity index (χ2n) is 15.3. The Kier molecular flexibility index (Phi) is 41.9. The van der Waals surface area contributed by atoms with E-state index in [9.17, 15) is 99.0 Å². The highest BCUT2D eigenvalue weighted by atomic mass is 32.2. The summed E-state index contributed by atoms with van der Waals surface area (Å²) in [6.07, 6.45) is -15.4. The van der Waals surface area contributed by atoms with E-state index in [1.165, 1.54) is 37.6 Å². The molecule has 34 heteroatoms. The van der Waals surface area contributed by atoms with Crippen molar-refractivity contribution in [2.75, 3.05) is 51.2 Å². The Labute approximate surface area is 429 Å². The number of carboxylic acid groups (broad SMARTS) is 4. The minimum atomic E-state index is -2.38. The Morgan fingerprint density at radius 2 is 0.730 bits per heavy atom. The Hall–Kier alpha value is -5.84. The van der Waals surface area contributed by atoms with Crippen molar-refractivity contribution in [3.8, 4) is 0 Å². The van der Waals surface area contributed by atoms with E-state index in [4.69, 9.17) is 29.4 Å². The Balaban J connectivity index is -0.000000597. The lowest BCUT2D eigenvalue weighted by atomic mass is 9.94. The van der Waals surface area contributed by atoms with Gasteiger partial charge in [0.15, 0.2) is 12.2 Å². The van der Waals surface area contributed by atoms with E-state index in [1.54, 1.807) is 26.4 Å². The van der Waals surface area contributed by atoms with Gasteiger partial charge in [0, 0.05) is 50.3 Å². The van der Waals surface area contributed by atoms with E-state index in [0.717, 1.165) is 0 Å². The summed E-state index contributed by atoms with van der Waals surface area (Å²) in [5, 5.41) is 127. The number of aliphatic hydroxyl groups is 8. The van der Waals surface area contributed by atoms with Crippen LogP contribution in [0, 0.1) is 11.8 Å². The van der Waals surface area contributed by atoms with Crippen LogP contribution in [0.1, 0.15) is 39.5 Å². The van der Waals surface area contributed by atoms with Gasteiger partial charge in [0.05, 0.1) is 36.1 Å². The second-order valence-corrected chi connectivity index (χ2v) is 17.1. The molecule has 0 aliphatic carbocycles.